The maximum Gasteiger partial charge on any atom is 0.225 e. The van der Waals surface area contributed by atoms with Crippen LogP contribution in [-0.4, -0.2) is 54.1 Å². The molecule has 1 aromatic rings. The molecule has 0 bridgehead atoms. The lowest BCUT2D eigenvalue weighted by atomic mass is 10.4. The molecule has 1 aromatic heterocycles. The van der Waals surface area contributed by atoms with Crippen molar-refractivity contribution in [3.8, 4) is 0 Å². The minimum Gasteiger partial charge on any atom is -0.413 e. The predicted molar refractivity (Wildman–Crippen MR) is 76.5 cm³/mol. The van der Waals surface area contributed by atoms with Crippen molar-refractivity contribution in [3.05, 3.63) is 0 Å². The summed E-state index contributed by atoms with van der Waals surface area (Å²) in [5, 5.41) is 20.3. The molecule has 0 aliphatic carbocycles. The number of nitrogens with one attached hydrogen (secondary N) is 1. The number of rotatable bonds is 9. The van der Waals surface area contributed by atoms with Gasteiger partial charge in [0.25, 0.3) is 0 Å². The van der Waals surface area contributed by atoms with E-state index in [9.17, 15) is 5.11 Å². The summed E-state index contributed by atoms with van der Waals surface area (Å²) in [5.41, 5.74) is 0. The fourth-order valence-corrected chi connectivity index (χ4v) is 2.67. The molecule has 0 fully saturated rings. The van der Waals surface area contributed by atoms with Crippen molar-refractivity contribution in [2.24, 2.45) is 0 Å². The monoisotopic (exact) mass is 292 g/mol. The smallest absolute Gasteiger partial charge is 0.225 e. The van der Waals surface area contributed by atoms with Crippen molar-refractivity contribution in [2.75, 3.05) is 29.9 Å². The van der Waals surface area contributed by atoms with Gasteiger partial charge in [0.2, 0.25) is 7.98 Å². The van der Waals surface area contributed by atoms with E-state index in [2.05, 4.69) is 28.1 Å². The molecule has 0 spiro atoms. The topological polar surface area (TPSA) is 67.3 Å². The number of anilines is 1. The third-order valence-electron chi connectivity index (χ3n) is 1.70. The van der Waals surface area contributed by atoms with Gasteiger partial charge in [0.1, 0.15) is 5.75 Å². The van der Waals surface area contributed by atoms with Gasteiger partial charge >= 0.3 is 0 Å². The normalized spacial score (nSPS) is 12.6. The number of aliphatic hydroxyl groups is 1. The van der Waals surface area contributed by atoms with E-state index in [0.29, 0.717) is 24.1 Å². The van der Waals surface area contributed by atoms with Crippen LogP contribution >= 0.6 is 23.1 Å². The van der Waals surface area contributed by atoms with Crippen molar-refractivity contribution < 1.29 is 9.84 Å². The van der Waals surface area contributed by atoms with E-state index in [0.717, 1.165) is 16.5 Å². The zero-order valence-electron chi connectivity index (χ0n) is 9.26. The van der Waals surface area contributed by atoms with Crippen LogP contribution in [0.1, 0.15) is 6.42 Å². The Hall–Kier alpha value is 0.0449. The number of hydrogen-bond donors (Lipinski definition) is 2. The molecule has 0 aliphatic rings. The van der Waals surface area contributed by atoms with E-state index in [-0.39, 0.29) is 0 Å². The number of ether oxygens (including phenoxy) is 1. The van der Waals surface area contributed by atoms with Crippen molar-refractivity contribution in [3.63, 3.8) is 0 Å². The van der Waals surface area contributed by atoms with E-state index in [1.807, 2.05) is 0 Å². The molecule has 1 unspecified atom stereocenters. The average molecular weight is 292 g/mol. The van der Waals surface area contributed by atoms with E-state index in [1.165, 1.54) is 23.1 Å². The van der Waals surface area contributed by atoms with Gasteiger partial charge in [-0.25, -0.2) is 0 Å². The quantitative estimate of drug-likeness (QED) is 0.287. The molecular formula is C8H15BN3O2S3+. The lowest BCUT2D eigenvalue weighted by Crippen LogP contribution is -2.18. The Bertz CT molecular complexity index is 316. The highest BCUT2D eigenvalue weighted by Crippen LogP contribution is 2.25. The second-order valence-corrected chi connectivity index (χ2v) is 5.91. The molecule has 0 saturated carbocycles. The van der Waals surface area contributed by atoms with Crippen molar-refractivity contribution in [1.29, 1.82) is 0 Å². The van der Waals surface area contributed by atoms with E-state index < -0.39 is 6.10 Å². The van der Waals surface area contributed by atoms with Crippen molar-refractivity contribution in [1.82, 2.24) is 10.2 Å². The van der Waals surface area contributed by atoms with Crippen LogP contribution in [0.5, 0.6) is 0 Å². The molecule has 2 N–H and O–H groups in total. The van der Waals surface area contributed by atoms with Crippen LogP contribution in [0, 0.1) is 0 Å². The number of thioether (sulfide) groups is 1. The van der Waals surface area contributed by atoms with Crippen LogP contribution in [0.4, 0.5) is 5.13 Å². The SMILES string of the molecule is [B]Nc1nnc(SCC(O)COCCC[SH2+])s1. The van der Waals surface area contributed by atoms with Gasteiger partial charge in [0, 0.05) is 12.2 Å². The number of aromatic nitrogens is 2. The van der Waals surface area contributed by atoms with Gasteiger partial charge < -0.3 is 15.1 Å². The zero-order valence-corrected chi connectivity index (χ0v) is 11.9. The lowest BCUT2D eigenvalue weighted by molar-refractivity contribution is 0.0493. The highest BCUT2D eigenvalue weighted by atomic mass is 32.2. The third kappa shape index (κ3) is 6.51. The molecule has 1 heterocycles. The van der Waals surface area contributed by atoms with E-state index in [1.54, 1.807) is 0 Å². The first kappa shape index (κ1) is 15.1. The lowest BCUT2D eigenvalue weighted by Gasteiger charge is -2.08. The molecule has 0 aromatic carbocycles. The van der Waals surface area contributed by atoms with E-state index >= 15 is 0 Å². The summed E-state index contributed by atoms with van der Waals surface area (Å²) >= 11 is 6.15. The maximum atomic E-state index is 9.63. The maximum absolute atomic E-state index is 9.63. The zero-order chi connectivity index (χ0) is 12.5. The minimum absolute atomic E-state index is 0.347. The highest BCUT2D eigenvalue weighted by molar-refractivity contribution is 8.01. The molecule has 0 aliphatic heterocycles. The fraction of sp³-hybridized carbons (Fsp3) is 0.750. The second kappa shape index (κ2) is 9.04. The number of nitrogens with zero attached hydrogens (tertiary/aromatic N) is 2. The Morgan fingerprint density at radius 3 is 3.06 bits per heavy atom. The van der Waals surface area contributed by atoms with Gasteiger partial charge in [0.05, 0.1) is 19.3 Å². The van der Waals surface area contributed by atoms with Crippen molar-refractivity contribution in [2.45, 2.75) is 16.9 Å². The number of aliphatic hydroxyl groups excluding tert-OH is 1. The van der Waals surface area contributed by atoms with Crippen LogP contribution in [0.15, 0.2) is 4.34 Å². The molecule has 0 saturated heterocycles. The Morgan fingerprint density at radius 1 is 1.59 bits per heavy atom. The standard InChI is InChI=1S/C8H14BN3O2S3/c9-10-7-11-12-8(17-7)16-5-6(13)4-14-2-1-3-15/h6,13,15H,1-5H2,(H,10,11)/p+1. The first-order chi connectivity index (χ1) is 8.26. The van der Waals surface area contributed by atoms with Crippen LogP contribution in [0.3, 0.4) is 0 Å². The van der Waals surface area contributed by atoms with Crippen LogP contribution in [0.2, 0.25) is 0 Å². The van der Waals surface area contributed by atoms with Gasteiger partial charge in [-0.1, -0.05) is 23.1 Å². The third-order valence-corrected chi connectivity index (χ3v) is 4.19. The largest absolute Gasteiger partial charge is 0.413 e. The van der Waals surface area contributed by atoms with Gasteiger partial charge in [0.15, 0.2) is 9.47 Å². The average Bonchev–Trinajstić information content (AvgIpc) is 2.80. The van der Waals surface area contributed by atoms with Crippen LogP contribution < -0.4 is 5.23 Å². The van der Waals surface area contributed by atoms with Gasteiger partial charge in [-0.05, 0) is 12.6 Å². The molecule has 5 nitrogen and oxygen atoms in total. The van der Waals surface area contributed by atoms with Gasteiger partial charge in [-0.2, -0.15) is 0 Å². The molecule has 1 atom stereocenters. The fourth-order valence-electron chi connectivity index (χ4n) is 0.936. The van der Waals surface area contributed by atoms with E-state index in [4.69, 9.17) is 12.7 Å². The minimum atomic E-state index is -0.493. The first-order valence-electron chi connectivity index (χ1n) is 5.09. The second-order valence-electron chi connectivity index (χ2n) is 3.16. The summed E-state index contributed by atoms with van der Waals surface area (Å²) in [6, 6.07) is 0. The Morgan fingerprint density at radius 2 is 2.41 bits per heavy atom. The summed E-state index contributed by atoms with van der Waals surface area (Å²) in [6.07, 6.45) is 0.450. The molecule has 2 radical (unpaired) electrons. The Labute approximate surface area is 116 Å². The molecule has 17 heavy (non-hydrogen) atoms. The molecular weight excluding hydrogens is 277 g/mol. The Kier molecular flexibility index (Phi) is 8.03. The number of hydrogen-bond acceptors (Lipinski definition) is 7. The Balaban J connectivity index is 2.12. The summed E-state index contributed by atoms with van der Waals surface area (Å²) in [6.45, 7) is 1.01. The van der Waals surface area contributed by atoms with Crippen LogP contribution in [-0.2, 0) is 17.4 Å². The predicted octanol–water partition coefficient (Wildman–Crippen LogP) is -0.0953. The summed E-state index contributed by atoms with van der Waals surface area (Å²) in [7, 11) is 5.19. The van der Waals surface area contributed by atoms with Gasteiger partial charge in [-0.3, -0.25) is 0 Å². The summed E-state index contributed by atoms with van der Waals surface area (Å²) < 4.78 is 6.07. The molecule has 1 rings (SSSR count). The first-order valence-corrected chi connectivity index (χ1v) is 7.60. The highest BCUT2D eigenvalue weighted by Gasteiger charge is 2.08. The summed E-state index contributed by atoms with van der Waals surface area (Å²) in [5.74, 6) is 1.44. The molecule has 94 valence electrons. The molecule has 9 heteroatoms. The van der Waals surface area contributed by atoms with Gasteiger partial charge in [-0.15, -0.1) is 10.2 Å². The van der Waals surface area contributed by atoms with Crippen molar-refractivity contribution >= 4 is 48.8 Å². The van der Waals surface area contributed by atoms with Crippen LogP contribution in [0.25, 0.3) is 0 Å². The molecule has 0 amide bonds. The summed E-state index contributed by atoms with van der Waals surface area (Å²) in [4.78, 5) is 0.